The molecule has 6 heteroatoms. The maximum atomic E-state index is 12.8. The Morgan fingerprint density at radius 1 is 0.333 bits per heavy atom. The van der Waals surface area contributed by atoms with E-state index >= 15 is 0 Å². The molecule has 0 N–H and O–H groups in total. The molecule has 0 radical (unpaired) electrons. The summed E-state index contributed by atoms with van der Waals surface area (Å²) in [5.41, 5.74) is 0. The minimum Gasteiger partial charge on any atom is -0.462 e. The summed E-state index contributed by atoms with van der Waals surface area (Å²) in [4.78, 5) is 38.0. The van der Waals surface area contributed by atoms with Gasteiger partial charge in [0.25, 0.3) is 0 Å². The standard InChI is InChI=1S/C60H102O6/c1-4-7-10-13-16-19-22-24-26-28-30-32-33-35-38-41-44-47-50-53-59(62)65-56-57(55-64-58(61)52-49-46-43-40-37-21-18-15-12-9-6-3)66-60(63)54-51-48-45-42-39-36-34-31-29-27-25-23-20-17-14-11-8-5-2/h7,10,15-16,18-19,21,24,26-27,29,31,34,37,57H,4-6,8-9,11-14,17,20,22-23,25,28,30,32-33,35-36,38-56H2,1-3H3/b10-7-,18-15-,19-16-,26-24-,29-27-,34-31-,37-21-. The Morgan fingerprint density at radius 2 is 0.652 bits per heavy atom. The summed E-state index contributed by atoms with van der Waals surface area (Å²) in [7, 11) is 0. The molecule has 0 aromatic carbocycles. The molecule has 0 bridgehead atoms. The van der Waals surface area contributed by atoms with Gasteiger partial charge in [0.2, 0.25) is 0 Å². The summed E-state index contributed by atoms with van der Waals surface area (Å²) in [6, 6.07) is 0. The third-order valence-corrected chi connectivity index (χ3v) is 11.7. The molecule has 0 aromatic rings. The van der Waals surface area contributed by atoms with E-state index in [4.69, 9.17) is 14.2 Å². The number of carbonyl (C=O) groups is 3. The lowest BCUT2D eigenvalue weighted by Crippen LogP contribution is -2.30. The largest absolute Gasteiger partial charge is 0.462 e. The van der Waals surface area contributed by atoms with E-state index in [0.29, 0.717) is 19.3 Å². The second kappa shape index (κ2) is 54.2. The van der Waals surface area contributed by atoms with E-state index in [-0.39, 0.29) is 31.1 Å². The van der Waals surface area contributed by atoms with Crippen molar-refractivity contribution in [1.29, 1.82) is 0 Å². The predicted molar refractivity (Wildman–Crippen MR) is 284 cm³/mol. The summed E-state index contributed by atoms with van der Waals surface area (Å²) in [5, 5.41) is 0. The summed E-state index contributed by atoms with van der Waals surface area (Å²) in [5.74, 6) is -0.942. The fourth-order valence-corrected chi connectivity index (χ4v) is 7.48. The van der Waals surface area contributed by atoms with Crippen LogP contribution >= 0.6 is 0 Å². The number of allylic oxidation sites excluding steroid dienone is 14. The molecule has 1 atom stereocenters. The van der Waals surface area contributed by atoms with Crippen molar-refractivity contribution >= 4 is 17.9 Å². The smallest absolute Gasteiger partial charge is 0.306 e. The minimum absolute atomic E-state index is 0.0946. The van der Waals surface area contributed by atoms with Crippen LogP contribution in [0.2, 0.25) is 0 Å². The molecule has 378 valence electrons. The number of carbonyl (C=O) groups excluding carboxylic acids is 3. The quantitative estimate of drug-likeness (QED) is 0.0199. The first-order valence-electron chi connectivity index (χ1n) is 27.6. The van der Waals surface area contributed by atoms with Crippen LogP contribution in [-0.4, -0.2) is 37.2 Å². The van der Waals surface area contributed by atoms with Crippen molar-refractivity contribution in [2.24, 2.45) is 0 Å². The zero-order valence-electron chi connectivity index (χ0n) is 43.2. The van der Waals surface area contributed by atoms with Crippen LogP contribution in [0.1, 0.15) is 258 Å². The lowest BCUT2D eigenvalue weighted by Gasteiger charge is -2.18. The highest BCUT2D eigenvalue weighted by Gasteiger charge is 2.19. The fourth-order valence-electron chi connectivity index (χ4n) is 7.48. The fraction of sp³-hybridized carbons (Fsp3) is 0.717. The Bertz CT molecular complexity index is 1290. The average molecular weight is 919 g/mol. The van der Waals surface area contributed by atoms with Crippen LogP contribution in [0, 0.1) is 0 Å². The molecule has 0 rings (SSSR count). The Labute approximate surface area is 407 Å². The van der Waals surface area contributed by atoms with Gasteiger partial charge in [0, 0.05) is 19.3 Å². The number of hydrogen-bond donors (Lipinski definition) is 0. The number of hydrogen-bond acceptors (Lipinski definition) is 6. The van der Waals surface area contributed by atoms with Gasteiger partial charge in [-0.05, 0) is 96.3 Å². The Kier molecular flexibility index (Phi) is 51.4. The van der Waals surface area contributed by atoms with E-state index in [2.05, 4.69) is 106 Å². The molecule has 0 amide bonds. The van der Waals surface area contributed by atoms with E-state index in [9.17, 15) is 14.4 Å². The third-order valence-electron chi connectivity index (χ3n) is 11.7. The Morgan fingerprint density at radius 3 is 1.08 bits per heavy atom. The van der Waals surface area contributed by atoms with Gasteiger partial charge >= 0.3 is 17.9 Å². The van der Waals surface area contributed by atoms with Gasteiger partial charge in [0.05, 0.1) is 0 Å². The molecule has 0 heterocycles. The zero-order valence-corrected chi connectivity index (χ0v) is 43.2. The van der Waals surface area contributed by atoms with E-state index in [0.717, 1.165) is 109 Å². The average Bonchev–Trinajstić information content (AvgIpc) is 3.31. The molecule has 6 nitrogen and oxygen atoms in total. The number of unbranched alkanes of at least 4 members (excludes halogenated alkanes) is 26. The van der Waals surface area contributed by atoms with E-state index in [1.165, 1.54) is 109 Å². The molecule has 0 saturated carbocycles. The lowest BCUT2D eigenvalue weighted by molar-refractivity contribution is -0.167. The second-order valence-corrected chi connectivity index (χ2v) is 18.2. The highest BCUT2D eigenvalue weighted by Crippen LogP contribution is 2.14. The van der Waals surface area contributed by atoms with Gasteiger partial charge < -0.3 is 14.2 Å². The maximum Gasteiger partial charge on any atom is 0.306 e. The number of esters is 3. The van der Waals surface area contributed by atoms with Crippen LogP contribution < -0.4 is 0 Å². The van der Waals surface area contributed by atoms with Crippen LogP contribution in [0.25, 0.3) is 0 Å². The van der Waals surface area contributed by atoms with Crippen molar-refractivity contribution in [2.45, 2.75) is 264 Å². The highest BCUT2D eigenvalue weighted by molar-refractivity contribution is 5.71. The molecular weight excluding hydrogens is 817 g/mol. The SMILES string of the molecule is CC/C=C\C/C=C\C/C=C\CCCCCCCCCCCC(=O)OCC(COC(=O)CCCCC/C=C\C=C/CCCC)OC(=O)CCCCCCC/C=C\C=C/CCCCCCCCC. The Hall–Kier alpha value is -3.41. The van der Waals surface area contributed by atoms with Crippen molar-refractivity contribution in [3.63, 3.8) is 0 Å². The second-order valence-electron chi connectivity index (χ2n) is 18.2. The van der Waals surface area contributed by atoms with Crippen molar-refractivity contribution < 1.29 is 28.6 Å². The first kappa shape index (κ1) is 62.6. The zero-order chi connectivity index (χ0) is 47.9. The van der Waals surface area contributed by atoms with E-state index < -0.39 is 6.10 Å². The van der Waals surface area contributed by atoms with Crippen LogP contribution in [0.5, 0.6) is 0 Å². The van der Waals surface area contributed by atoms with E-state index in [1.807, 2.05) is 0 Å². The normalized spacial score (nSPS) is 12.7. The molecule has 0 spiro atoms. The van der Waals surface area contributed by atoms with Crippen molar-refractivity contribution in [1.82, 2.24) is 0 Å². The van der Waals surface area contributed by atoms with Gasteiger partial charge in [-0.15, -0.1) is 0 Å². The van der Waals surface area contributed by atoms with Crippen molar-refractivity contribution in [2.75, 3.05) is 13.2 Å². The van der Waals surface area contributed by atoms with Gasteiger partial charge in [-0.3, -0.25) is 14.4 Å². The first-order chi connectivity index (χ1) is 32.5. The van der Waals surface area contributed by atoms with Crippen molar-refractivity contribution in [3.05, 3.63) is 85.1 Å². The molecule has 0 aromatic heterocycles. The lowest BCUT2D eigenvalue weighted by atomic mass is 10.1. The molecule has 66 heavy (non-hydrogen) atoms. The van der Waals surface area contributed by atoms with Gasteiger partial charge in [-0.2, -0.15) is 0 Å². The number of rotatable bonds is 49. The molecule has 0 aliphatic carbocycles. The molecule has 0 aliphatic rings. The minimum atomic E-state index is -0.798. The van der Waals surface area contributed by atoms with E-state index in [1.54, 1.807) is 0 Å². The molecular formula is C60H102O6. The summed E-state index contributed by atoms with van der Waals surface area (Å²) in [6.07, 6.45) is 70.0. The highest BCUT2D eigenvalue weighted by atomic mass is 16.6. The number of ether oxygens (including phenoxy) is 3. The van der Waals surface area contributed by atoms with Gasteiger partial charge in [0.15, 0.2) is 6.10 Å². The topological polar surface area (TPSA) is 78.9 Å². The maximum absolute atomic E-state index is 12.8. The summed E-state index contributed by atoms with van der Waals surface area (Å²) >= 11 is 0. The predicted octanol–water partition coefficient (Wildman–Crippen LogP) is 18.4. The van der Waals surface area contributed by atoms with Crippen LogP contribution in [0.4, 0.5) is 0 Å². The van der Waals surface area contributed by atoms with Crippen molar-refractivity contribution in [3.8, 4) is 0 Å². The first-order valence-corrected chi connectivity index (χ1v) is 27.6. The Balaban J connectivity index is 4.40. The summed E-state index contributed by atoms with van der Waals surface area (Å²) in [6.45, 7) is 6.44. The molecule has 0 fully saturated rings. The van der Waals surface area contributed by atoms with Gasteiger partial charge in [-0.1, -0.05) is 228 Å². The third kappa shape index (κ3) is 51.6. The van der Waals surface area contributed by atoms with Crippen LogP contribution in [-0.2, 0) is 28.6 Å². The molecule has 0 aliphatic heterocycles. The summed E-state index contributed by atoms with van der Waals surface area (Å²) < 4.78 is 16.8. The molecule has 0 saturated heterocycles. The molecule has 1 unspecified atom stereocenters. The van der Waals surface area contributed by atoms with Crippen LogP contribution in [0.3, 0.4) is 0 Å². The van der Waals surface area contributed by atoms with Gasteiger partial charge in [-0.25, -0.2) is 0 Å². The monoisotopic (exact) mass is 919 g/mol. The van der Waals surface area contributed by atoms with Crippen LogP contribution in [0.15, 0.2) is 85.1 Å². The van der Waals surface area contributed by atoms with Gasteiger partial charge in [0.1, 0.15) is 13.2 Å².